The zero-order valence-corrected chi connectivity index (χ0v) is 12.7. The van der Waals surface area contributed by atoms with Crippen LogP contribution in [0.4, 0.5) is 0 Å². The quantitative estimate of drug-likeness (QED) is 0.911. The van der Waals surface area contributed by atoms with Gasteiger partial charge in [0.1, 0.15) is 0 Å². The zero-order valence-electron chi connectivity index (χ0n) is 11.2. The average Bonchev–Trinajstić information content (AvgIpc) is 2.82. The van der Waals surface area contributed by atoms with E-state index in [1.54, 1.807) is 18.2 Å². The second-order valence-corrected chi connectivity index (χ2v) is 5.55. The lowest BCUT2D eigenvalue weighted by Crippen LogP contribution is -2.25. The molecule has 0 aliphatic rings. The Morgan fingerprint density at radius 1 is 1.40 bits per heavy atom. The van der Waals surface area contributed by atoms with Gasteiger partial charge in [0.2, 0.25) is 0 Å². The van der Waals surface area contributed by atoms with Crippen molar-refractivity contribution in [2.75, 3.05) is 0 Å². The molecule has 0 aliphatic heterocycles. The van der Waals surface area contributed by atoms with Gasteiger partial charge < -0.3 is 5.73 Å². The van der Waals surface area contributed by atoms with Gasteiger partial charge in [-0.05, 0) is 24.1 Å². The molecule has 0 aliphatic carbocycles. The van der Waals surface area contributed by atoms with E-state index in [0.717, 1.165) is 6.42 Å². The summed E-state index contributed by atoms with van der Waals surface area (Å²) < 4.78 is 1.43. The van der Waals surface area contributed by atoms with Gasteiger partial charge in [0, 0.05) is 0 Å². The molecule has 0 fully saturated rings. The summed E-state index contributed by atoms with van der Waals surface area (Å²) in [7, 11) is 0. The second-order valence-electron chi connectivity index (χ2n) is 4.73. The third-order valence-corrected chi connectivity index (χ3v) is 4.15. The van der Waals surface area contributed by atoms with Gasteiger partial charge in [0.15, 0.2) is 5.82 Å². The predicted molar refractivity (Wildman–Crippen MR) is 80.6 cm³/mol. The number of benzene rings is 1. The SMILES string of the molecule is CC[C@H](C)[C@H](N)c1n[nH]c(=O)n1-c1ccc(Cl)c(Cl)c1. The highest BCUT2D eigenvalue weighted by Crippen LogP contribution is 2.26. The molecule has 0 unspecified atom stereocenters. The van der Waals surface area contributed by atoms with Gasteiger partial charge in [-0.2, -0.15) is 5.10 Å². The molecule has 0 saturated carbocycles. The lowest BCUT2D eigenvalue weighted by atomic mass is 9.99. The molecule has 1 aromatic carbocycles. The average molecular weight is 315 g/mol. The van der Waals surface area contributed by atoms with E-state index >= 15 is 0 Å². The molecule has 0 radical (unpaired) electrons. The van der Waals surface area contributed by atoms with Crippen molar-refractivity contribution in [3.05, 3.63) is 44.6 Å². The van der Waals surface area contributed by atoms with Gasteiger partial charge in [0.05, 0.1) is 21.8 Å². The maximum absolute atomic E-state index is 12.0. The molecule has 7 heteroatoms. The van der Waals surface area contributed by atoms with Crippen molar-refractivity contribution in [2.24, 2.45) is 11.7 Å². The Kier molecular flexibility index (Phi) is 4.52. The van der Waals surface area contributed by atoms with Crippen LogP contribution < -0.4 is 11.4 Å². The lowest BCUT2D eigenvalue weighted by molar-refractivity contribution is 0.433. The highest BCUT2D eigenvalue weighted by atomic mass is 35.5. The fourth-order valence-electron chi connectivity index (χ4n) is 1.91. The van der Waals surface area contributed by atoms with E-state index in [1.807, 2.05) is 13.8 Å². The maximum Gasteiger partial charge on any atom is 0.347 e. The van der Waals surface area contributed by atoms with Crippen LogP contribution >= 0.6 is 23.2 Å². The standard InChI is InChI=1S/C13H16Cl2N4O/c1-3-7(2)11(16)12-17-18-13(20)19(12)8-4-5-9(14)10(15)6-8/h4-7,11H,3,16H2,1-2H3,(H,18,20)/t7-,11-/m0/s1. The van der Waals surface area contributed by atoms with E-state index < -0.39 is 0 Å². The summed E-state index contributed by atoms with van der Waals surface area (Å²) in [5.41, 5.74) is 6.41. The van der Waals surface area contributed by atoms with Crippen molar-refractivity contribution >= 4 is 23.2 Å². The van der Waals surface area contributed by atoms with Crippen LogP contribution in [-0.2, 0) is 0 Å². The smallest absolute Gasteiger partial charge is 0.321 e. The van der Waals surface area contributed by atoms with Crippen molar-refractivity contribution in [3.8, 4) is 5.69 Å². The van der Waals surface area contributed by atoms with Crippen molar-refractivity contribution < 1.29 is 0 Å². The van der Waals surface area contributed by atoms with Gasteiger partial charge in [-0.1, -0.05) is 43.5 Å². The Bertz CT molecular complexity index is 665. The Morgan fingerprint density at radius 3 is 2.70 bits per heavy atom. The number of hydrogen-bond acceptors (Lipinski definition) is 3. The third-order valence-electron chi connectivity index (χ3n) is 3.41. The van der Waals surface area contributed by atoms with E-state index in [4.69, 9.17) is 28.9 Å². The van der Waals surface area contributed by atoms with Crippen LogP contribution in [0.5, 0.6) is 0 Å². The first kappa shape index (κ1) is 15.1. The Labute approximate surface area is 126 Å². The number of aromatic amines is 1. The minimum atomic E-state index is -0.350. The molecule has 108 valence electrons. The van der Waals surface area contributed by atoms with Gasteiger partial charge in [-0.15, -0.1) is 0 Å². The van der Waals surface area contributed by atoms with Crippen LogP contribution in [0.25, 0.3) is 5.69 Å². The molecule has 2 aromatic rings. The van der Waals surface area contributed by atoms with Crippen LogP contribution in [0.15, 0.2) is 23.0 Å². The molecule has 0 saturated heterocycles. The molecule has 2 atom stereocenters. The summed E-state index contributed by atoms with van der Waals surface area (Å²) >= 11 is 11.9. The Hall–Kier alpha value is -1.30. The molecule has 20 heavy (non-hydrogen) atoms. The fourth-order valence-corrected chi connectivity index (χ4v) is 2.21. The Morgan fingerprint density at radius 2 is 2.10 bits per heavy atom. The summed E-state index contributed by atoms with van der Waals surface area (Å²) in [5.74, 6) is 0.689. The molecule has 3 N–H and O–H groups in total. The number of nitrogens with two attached hydrogens (primary N) is 1. The summed E-state index contributed by atoms with van der Waals surface area (Å²) in [6, 6.07) is 4.62. The topological polar surface area (TPSA) is 76.7 Å². The third kappa shape index (κ3) is 2.75. The van der Waals surface area contributed by atoms with E-state index in [9.17, 15) is 4.79 Å². The molecule has 0 amide bonds. The number of H-pyrrole nitrogens is 1. The molecular formula is C13H16Cl2N4O. The zero-order chi connectivity index (χ0) is 14.9. The monoisotopic (exact) mass is 314 g/mol. The minimum absolute atomic E-state index is 0.201. The molecule has 1 heterocycles. The number of nitrogens with one attached hydrogen (secondary N) is 1. The minimum Gasteiger partial charge on any atom is -0.321 e. The van der Waals surface area contributed by atoms with Gasteiger partial charge in [-0.3, -0.25) is 0 Å². The normalized spacial score (nSPS) is 14.2. The van der Waals surface area contributed by atoms with Gasteiger partial charge >= 0.3 is 5.69 Å². The highest BCUT2D eigenvalue weighted by molar-refractivity contribution is 6.42. The number of rotatable bonds is 4. The first-order valence-electron chi connectivity index (χ1n) is 6.34. The second kappa shape index (κ2) is 5.99. The number of aromatic nitrogens is 3. The molecule has 0 spiro atoms. The van der Waals surface area contributed by atoms with E-state index in [0.29, 0.717) is 21.6 Å². The van der Waals surface area contributed by atoms with Crippen LogP contribution in [0.1, 0.15) is 32.1 Å². The largest absolute Gasteiger partial charge is 0.347 e. The van der Waals surface area contributed by atoms with Crippen molar-refractivity contribution in [1.82, 2.24) is 14.8 Å². The van der Waals surface area contributed by atoms with Crippen molar-refractivity contribution in [3.63, 3.8) is 0 Å². The first-order chi connectivity index (χ1) is 9.45. The fraction of sp³-hybridized carbons (Fsp3) is 0.385. The van der Waals surface area contributed by atoms with Gasteiger partial charge in [-0.25, -0.2) is 14.5 Å². The van der Waals surface area contributed by atoms with Crippen molar-refractivity contribution in [1.29, 1.82) is 0 Å². The van der Waals surface area contributed by atoms with Crippen LogP contribution in [0.3, 0.4) is 0 Å². The first-order valence-corrected chi connectivity index (χ1v) is 7.09. The molecule has 1 aromatic heterocycles. The van der Waals surface area contributed by atoms with Crippen LogP contribution in [-0.4, -0.2) is 14.8 Å². The molecular weight excluding hydrogens is 299 g/mol. The molecule has 5 nitrogen and oxygen atoms in total. The van der Waals surface area contributed by atoms with Crippen LogP contribution in [0.2, 0.25) is 10.0 Å². The van der Waals surface area contributed by atoms with Crippen molar-refractivity contribution in [2.45, 2.75) is 26.3 Å². The number of nitrogens with zero attached hydrogens (tertiary/aromatic N) is 2. The van der Waals surface area contributed by atoms with E-state index in [1.165, 1.54) is 4.57 Å². The lowest BCUT2D eigenvalue weighted by Gasteiger charge is -2.18. The number of hydrogen-bond donors (Lipinski definition) is 2. The summed E-state index contributed by atoms with van der Waals surface area (Å²) in [6.07, 6.45) is 0.892. The summed E-state index contributed by atoms with van der Waals surface area (Å²) in [5, 5.41) is 7.27. The van der Waals surface area contributed by atoms with E-state index in [2.05, 4.69) is 10.2 Å². The maximum atomic E-state index is 12.0. The van der Waals surface area contributed by atoms with E-state index in [-0.39, 0.29) is 17.6 Å². The van der Waals surface area contributed by atoms with Crippen LogP contribution in [0, 0.1) is 5.92 Å². The predicted octanol–water partition coefficient (Wildman–Crippen LogP) is 2.91. The Balaban J connectivity index is 2.54. The summed E-state index contributed by atoms with van der Waals surface area (Å²) in [6.45, 7) is 4.06. The summed E-state index contributed by atoms with van der Waals surface area (Å²) in [4.78, 5) is 12.0. The highest BCUT2D eigenvalue weighted by Gasteiger charge is 2.21. The number of halogens is 2. The van der Waals surface area contributed by atoms with Gasteiger partial charge in [0.25, 0.3) is 0 Å². The molecule has 2 rings (SSSR count). The molecule has 0 bridgehead atoms.